The van der Waals surface area contributed by atoms with E-state index in [0.29, 0.717) is 23.4 Å². The van der Waals surface area contributed by atoms with Gasteiger partial charge >= 0.3 is 5.97 Å². The summed E-state index contributed by atoms with van der Waals surface area (Å²) in [6.45, 7) is -0.549. The zero-order valence-electron chi connectivity index (χ0n) is 16.2. The standard InChI is InChI=1S/C20H21N3O6S/c1-30-12-11-17(22-19(25)14-5-3-2-4-6-14)20(26)29-13-18(24)21-15-7-9-16(10-8-15)23(27)28/h2-10,17H,11-13H2,1H3,(H,21,24)(H,22,25). The maximum Gasteiger partial charge on any atom is 0.329 e. The molecule has 0 aliphatic carbocycles. The molecule has 2 aromatic rings. The summed E-state index contributed by atoms with van der Waals surface area (Å²) in [7, 11) is 0. The number of rotatable bonds is 10. The van der Waals surface area contributed by atoms with Crippen molar-refractivity contribution in [2.75, 3.05) is 23.9 Å². The molecule has 0 fully saturated rings. The predicted octanol–water partition coefficient (Wildman–Crippen LogP) is 2.63. The lowest BCUT2D eigenvalue weighted by Gasteiger charge is -2.17. The molecule has 2 N–H and O–H groups in total. The number of ether oxygens (including phenoxy) is 1. The van der Waals surface area contributed by atoms with Crippen LogP contribution >= 0.6 is 11.8 Å². The molecule has 0 saturated heterocycles. The molecule has 2 amide bonds. The number of nitrogens with one attached hydrogen (secondary N) is 2. The fraction of sp³-hybridized carbons (Fsp3) is 0.250. The molecule has 2 aromatic carbocycles. The van der Waals surface area contributed by atoms with Gasteiger partial charge < -0.3 is 15.4 Å². The Kier molecular flexibility index (Phi) is 8.82. The third-order valence-corrected chi connectivity index (χ3v) is 4.59. The Hall–Kier alpha value is -3.40. The van der Waals surface area contributed by atoms with Crippen LogP contribution in [0.5, 0.6) is 0 Å². The molecule has 0 aliphatic rings. The Balaban J connectivity index is 1.90. The number of nitro groups is 1. The number of carbonyl (C=O) groups excluding carboxylic acids is 3. The minimum atomic E-state index is -0.891. The van der Waals surface area contributed by atoms with Gasteiger partial charge in [-0.25, -0.2) is 4.79 Å². The van der Waals surface area contributed by atoms with Crippen molar-refractivity contribution in [3.05, 3.63) is 70.3 Å². The maximum atomic E-state index is 12.4. The van der Waals surface area contributed by atoms with Gasteiger partial charge in [-0.3, -0.25) is 19.7 Å². The molecular weight excluding hydrogens is 410 g/mol. The molecule has 0 heterocycles. The van der Waals surface area contributed by atoms with Gasteiger partial charge in [-0.05, 0) is 42.7 Å². The van der Waals surface area contributed by atoms with E-state index in [1.165, 1.54) is 36.0 Å². The van der Waals surface area contributed by atoms with Crippen LogP contribution in [0.3, 0.4) is 0 Å². The number of esters is 1. The number of carbonyl (C=O) groups is 3. The lowest BCUT2D eigenvalue weighted by Crippen LogP contribution is -2.43. The van der Waals surface area contributed by atoms with E-state index in [-0.39, 0.29) is 5.69 Å². The molecule has 0 aromatic heterocycles. The number of hydrogen-bond acceptors (Lipinski definition) is 7. The minimum absolute atomic E-state index is 0.106. The van der Waals surface area contributed by atoms with Crippen LogP contribution in [0.1, 0.15) is 16.8 Å². The van der Waals surface area contributed by atoms with E-state index >= 15 is 0 Å². The van der Waals surface area contributed by atoms with Crippen LogP contribution in [-0.4, -0.2) is 47.4 Å². The second-order valence-corrected chi connectivity index (χ2v) is 7.12. The van der Waals surface area contributed by atoms with Crippen molar-refractivity contribution in [2.24, 2.45) is 0 Å². The summed E-state index contributed by atoms with van der Waals surface area (Å²) in [5.74, 6) is -1.11. The zero-order chi connectivity index (χ0) is 21.9. The molecule has 0 aliphatic heterocycles. The van der Waals surface area contributed by atoms with E-state index in [1.54, 1.807) is 30.3 Å². The van der Waals surface area contributed by atoms with E-state index in [4.69, 9.17) is 4.74 Å². The summed E-state index contributed by atoms with van der Waals surface area (Å²) in [4.78, 5) is 46.8. The first kappa shape index (κ1) is 22.9. The maximum absolute atomic E-state index is 12.4. The van der Waals surface area contributed by atoms with Crippen LogP contribution in [0.15, 0.2) is 54.6 Å². The molecule has 2 rings (SSSR count). The van der Waals surface area contributed by atoms with Crippen molar-refractivity contribution in [1.29, 1.82) is 0 Å². The SMILES string of the molecule is CSCCC(NC(=O)c1ccccc1)C(=O)OCC(=O)Nc1ccc([N+](=O)[O-])cc1. The van der Waals surface area contributed by atoms with Gasteiger partial charge in [0, 0.05) is 23.4 Å². The molecule has 10 heteroatoms. The fourth-order valence-corrected chi connectivity index (χ4v) is 2.89. The Bertz CT molecular complexity index is 889. The van der Waals surface area contributed by atoms with Gasteiger partial charge in [-0.1, -0.05) is 18.2 Å². The quantitative estimate of drug-likeness (QED) is 0.336. The van der Waals surface area contributed by atoms with E-state index in [9.17, 15) is 24.5 Å². The third-order valence-electron chi connectivity index (χ3n) is 3.94. The molecule has 1 atom stereocenters. The molecule has 0 spiro atoms. The Morgan fingerprint density at radius 2 is 1.77 bits per heavy atom. The van der Waals surface area contributed by atoms with Crippen molar-refractivity contribution in [3.63, 3.8) is 0 Å². The van der Waals surface area contributed by atoms with E-state index < -0.39 is 35.4 Å². The van der Waals surface area contributed by atoms with Crippen LogP contribution in [0, 0.1) is 10.1 Å². The summed E-state index contributed by atoms with van der Waals surface area (Å²) in [6.07, 6.45) is 2.22. The largest absolute Gasteiger partial charge is 0.454 e. The lowest BCUT2D eigenvalue weighted by molar-refractivity contribution is -0.384. The second-order valence-electron chi connectivity index (χ2n) is 6.13. The van der Waals surface area contributed by atoms with Gasteiger partial charge in [-0.15, -0.1) is 0 Å². The molecule has 0 radical (unpaired) electrons. The minimum Gasteiger partial charge on any atom is -0.454 e. The highest BCUT2D eigenvalue weighted by Gasteiger charge is 2.23. The zero-order valence-corrected chi connectivity index (χ0v) is 17.0. The summed E-state index contributed by atoms with van der Waals surface area (Å²) >= 11 is 1.51. The normalized spacial score (nSPS) is 11.2. The first-order valence-corrected chi connectivity index (χ1v) is 10.4. The molecular formula is C20H21N3O6S. The second kappa shape index (κ2) is 11.6. The number of anilines is 1. The van der Waals surface area contributed by atoms with Crippen LogP contribution in [0.2, 0.25) is 0 Å². The Labute approximate surface area is 177 Å². The van der Waals surface area contributed by atoms with Crippen LogP contribution in [0.4, 0.5) is 11.4 Å². The summed E-state index contributed by atoms with van der Waals surface area (Å²) in [5.41, 5.74) is 0.638. The number of hydrogen-bond donors (Lipinski definition) is 2. The molecule has 9 nitrogen and oxygen atoms in total. The first-order chi connectivity index (χ1) is 14.4. The van der Waals surface area contributed by atoms with Crippen LogP contribution in [-0.2, 0) is 14.3 Å². The molecule has 158 valence electrons. The smallest absolute Gasteiger partial charge is 0.329 e. The monoisotopic (exact) mass is 431 g/mol. The number of nitrogens with zero attached hydrogens (tertiary/aromatic N) is 1. The van der Waals surface area contributed by atoms with Crippen molar-refractivity contribution < 1.29 is 24.0 Å². The number of benzene rings is 2. The topological polar surface area (TPSA) is 128 Å². The van der Waals surface area contributed by atoms with Crippen molar-refractivity contribution in [3.8, 4) is 0 Å². The van der Waals surface area contributed by atoms with Crippen molar-refractivity contribution >= 4 is 40.9 Å². The van der Waals surface area contributed by atoms with Crippen molar-refractivity contribution in [1.82, 2.24) is 5.32 Å². The highest BCUT2D eigenvalue weighted by Crippen LogP contribution is 2.15. The summed E-state index contributed by atoms with van der Waals surface area (Å²) < 4.78 is 5.05. The van der Waals surface area contributed by atoms with Crippen LogP contribution < -0.4 is 10.6 Å². The molecule has 0 saturated carbocycles. The first-order valence-electron chi connectivity index (χ1n) is 8.96. The summed E-state index contributed by atoms with van der Waals surface area (Å²) in [6, 6.07) is 12.8. The van der Waals surface area contributed by atoms with Gasteiger partial charge in [0.05, 0.1) is 4.92 Å². The van der Waals surface area contributed by atoms with Crippen LogP contribution in [0.25, 0.3) is 0 Å². The highest BCUT2D eigenvalue weighted by molar-refractivity contribution is 7.98. The van der Waals surface area contributed by atoms with E-state index in [1.807, 2.05) is 6.26 Å². The summed E-state index contributed by atoms with van der Waals surface area (Å²) in [5, 5.41) is 15.8. The predicted molar refractivity (Wildman–Crippen MR) is 113 cm³/mol. The number of non-ortho nitro benzene ring substituents is 1. The van der Waals surface area contributed by atoms with Crippen molar-refractivity contribution in [2.45, 2.75) is 12.5 Å². The number of thioether (sulfide) groups is 1. The molecule has 0 bridgehead atoms. The van der Waals surface area contributed by atoms with Gasteiger partial charge in [0.2, 0.25) is 0 Å². The lowest BCUT2D eigenvalue weighted by atomic mass is 10.1. The number of nitro benzene ring substituents is 1. The van der Waals surface area contributed by atoms with Gasteiger partial charge in [-0.2, -0.15) is 11.8 Å². The number of amides is 2. The van der Waals surface area contributed by atoms with E-state index in [2.05, 4.69) is 10.6 Å². The Morgan fingerprint density at radius 1 is 1.10 bits per heavy atom. The average Bonchev–Trinajstić information content (AvgIpc) is 2.75. The van der Waals surface area contributed by atoms with Gasteiger partial charge in [0.25, 0.3) is 17.5 Å². The molecule has 30 heavy (non-hydrogen) atoms. The van der Waals surface area contributed by atoms with E-state index in [0.717, 1.165) is 0 Å². The average molecular weight is 431 g/mol. The Morgan fingerprint density at radius 3 is 2.37 bits per heavy atom. The molecule has 1 unspecified atom stereocenters. The third kappa shape index (κ3) is 7.21. The van der Waals surface area contributed by atoms with Gasteiger partial charge in [0.15, 0.2) is 6.61 Å². The highest BCUT2D eigenvalue weighted by atomic mass is 32.2. The van der Waals surface area contributed by atoms with Gasteiger partial charge in [0.1, 0.15) is 6.04 Å². The fourth-order valence-electron chi connectivity index (χ4n) is 2.42.